The molecular formula is C18H11FN2O3. The highest BCUT2D eigenvalue weighted by Crippen LogP contribution is 2.21. The molecule has 2 aromatic carbocycles. The van der Waals surface area contributed by atoms with Gasteiger partial charge < -0.3 is 9.15 Å². The SMILES string of the molecule is N#Cc1ccc(C(=O)OCc2ncc(-c3ccc(F)cc3)o2)cc1. The summed E-state index contributed by atoms with van der Waals surface area (Å²) in [5.41, 5.74) is 1.47. The topological polar surface area (TPSA) is 76.1 Å². The predicted molar refractivity (Wildman–Crippen MR) is 82.2 cm³/mol. The Balaban J connectivity index is 1.63. The lowest BCUT2D eigenvalue weighted by molar-refractivity contribution is 0.0439. The van der Waals surface area contributed by atoms with Gasteiger partial charge in [-0.2, -0.15) is 5.26 Å². The highest BCUT2D eigenvalue weighted by atomic mass is 19.1. The van der Waals surface area contributed by atoms with Crippen molar-refractivity contribution in [1.82, 2.24) is 4.98 Å². The molecular weight excluding hydrogens is 311 g/mol. The largest absolute Gasteiger partial charge is 0.452 e. The second kappa shape index (κ2) is 6.75. The number of rotatable bonds is 4. The van der Waals surface area contributed by atoms with Crippen LogP contribution in [0.4, 0.5) is 4.39 Å². The smallest absolute Gasteiger partial charge is 0.338 e. The molecule has 0 atom stereocenters. The number of nitrogens with zero attached hydrogens (tertiary/aromatic N) is 2. The first kappa shape index (κ1) is 15.4. The normalized spacial score (nSPS) is 10.2. The number of hydrogen-bond acceptors (Lipinski definition) is 5. The zero-order valence-corrected chi connectivity index (χ0v) is 12.4. The van der Waals surface area contributed by atoms with Gasteiger partial charge in [-0.1, -0.05) is 0 Å². The van der Waals surface area contributed by atoms with Crippen LogP contribution in [0.25, 0.3) is 11.3 Å². The van der Waals surface area contributed by atoms with Crippen molar-refractivity contribution >= 4 is 5.97 Å². The molecule has 0 radical (unpaired) electrons. The summed E-state index contributed by atoms with van der Waals surface area (Å²) in [4.78, 5) is 15.9. The Labute approximate surface area is 136 Å². The Morgan fingerprint density at radius 3 is 2.54 bits per heavy atom. The Kier molecular flexibility index (Phi) is 4.34. The minimum atomic E-state index is -0.541. The Morgan fingerprint density at radius 1 is 1.17 bits per heavy atom. The number of oxazole rings is 1. The number of hydrogen-bond donors (Lipinski definition) is 0. The third-order valence-corrected chi connectivity index (χ3v) is 3.26. The van der Waals surface area contributed by atoms with Gasteiger partial charge in [-0.05, 0) is 48.5 Å². The highest BCUT2D eigenvalue weighted by Gasteiger charge is 2.11. The summed E-state index contributed by atoms with van der Waals surface area (Å²) in [7, 11) is 0. The molecule has 6 heteroatoms. The van der Waals surface area contributed by atoms with E-state index in [-0.39, 0.29) is 18.3 Å². The van der Waals surface area contributed by atoms with Gasteiger partial charge in [-0.3, -0.25) is 0 Å². The molecule has 118 valence electrons. The molecule has 0 N–H and O–H groups in total. The Morgan fingerprint density at radius 2 is 1.88 bits per heavy atom. The van der Waals surface area contributed by atoms with E-state index in [2.05, 4.69) is 4.98 Å². The van der Waals surface area contributed by atoms with Crippen LogP contribution in [0.15, 0.2) is 59.1 Å². The molecule has 0 saturated heterocycles. The van der Waals surface area contributed by atoms with Crippen molar-refractivity contribution < 1.29 is 18.3 Å². The summed E-state index contributed by atoms with van der Waals surface area (Å²) in [6.07, 6.45) is 1.48. The predicted octanol–water partition coefficient (Wildman–Crippen LogP) is 3.71. The fourth-order valence-corrected chi connectivity index (χ4v) is 2.02. The van der Waals surface area contributed by atoms with Crippen molar-refractivity contribution in [3.8, 4) is 17.4 Å². The first-order chi connectivity index (χ1) is 11.7. The minimum Gasteiger partial charge on any atom is -0.452 e. The number of aromatic nitrogens is 1. The molecule has 1 aromatic heterocycles. The zero-order chi connectivity index (χ0) is 16.9. The number of benzene rings is 2. The number of carbonyl (C=O) groups is 1. The van der Waals surface area contributed by atoms with Gasteiger partial charge in [0, 0.05) is 5.56 Å². The molecule has 0 spiro atoms. The standard InChI is InChI=1S/C18H11FN2O3/c19-15-7-5-13(6-8-15)16-10-21-17(24-16)11-23-18(22)14-3-1-12(9-20)2-4-14/h1-8,10H,11H2. The van der Waals surface area contributed by atoms with Gasteiger partial charge in [-0.15, -0.1) is 0 Å². The Hall–Kier alpha value is -3.46. The monoisotopic (exact) mass is 322 g/mol. The van der Waals surface area contributed by atoms with E-state index in [9.17, 15) is 9.18 Å². The van der Waals surface area contributed by atoms with E-state index in [1.54, 1.807) is 12.1 Å². The van der Waals surface area contributed by atoms with Gasteiger partial charge in [0.25, 0.3) is 0 Å². The molecule has 0 bridgehead atoms. The van der Waals surface area contributed by atoms with E-state index in [0.29, 0.717) is 22.5 Å². The fourth-order valence-electron chi connectivity index (χ4n) is 2.02. The van der Waals surface area contributed by atoms with Gasteiger partial charge in [0.05, 0.1) is 23.4 Å². The lowest BCUT2D eigenvalue weighted by Crippen LogP contribution is -2.05. The molecule has 0 aliphatic heterocycles. The molecule has 5 nitrogen and oxygen atoms in total. The molecule has 24 heavy (non-hydrogen) atoms. The van der Waals surface area contributed by atoms with Gasteiger partial charge >= 0.3 is 5.97 Å². The summed E-state index contributed by atoms with van der Waals surface area (Å²) in [6, 6.07) is 13.9. The summed E-state index contributed by atoms with van der Waals surface area (Å²) >= 11 is 0. The average Bonchev–Trinajstić information content (AvgIpc) is 3.09. The maximum Gasteiger partial charge on any atom is 0.338 e. The molecule has 1 heterocycles. The number of esters is 1. The first-order valence-corrected chi connectivity index (χ1v) is 7.03. The lowest BCUT2D eigenvalue weighted by atomic mass is 10.1. The number of nitriles is 1. The van der Waals surface area contributed by atoms with Crippen molar-refractivity contribution in [3.05, 3.63) is 77.6 Å². The maximum absolute atomic E-state index is 12.9. The second-order valence-corrected chi connectivity index (χ2v) is 4.89. The quantitative estimate of drug-likeness (QED) is 0.684. The van der Waals surface area contributed by atoms with Crippen LogP contribution in [0, 0.1) is 17.1 Å². The summed E-state index contributed by atoms with van der Waals surface area (Å²) < 4.78 is 23.5. The van der Waals surface area contributed by atoms with Crippen LogP contribution in [0.5, 0.6) is 0 Å². The second-order valence-electron chi connectivity index (χ2n) is 4.89. The highest BCUT2D eigenvalue weighted by molar-refractivity contribution is 5.89. The third-order valence-electron chi connectivity index (χ3n) is 3.26. The molecule has 0 aliphatic rings. The lowest BCUT2D eigenvalue weighted by Gasteiger charge is -2.02. The number of carbonyl (C=O) groups excluding carboxylic acids is 1. The van der Waals surface area contributed by atoms with Crippen molar-refractivity contribution in [3.63, 3.8) is 0 Å². The molecule has 3 aromatic rings. The van der Waals surface area contributed by atoms with Crippen molar-refractivity contribution in [2.45, 2.75) is 6.61 Å². The van der Waals surface area contributed by atoms with Gasteiger partial charge in [0.15, 0.2) is 12.4 Å². The molecule has 0 aliphatic carbocycles. The van der Waals surface area contributed by atoms with Gasteiger partial charge in [0.1, 0.15) is 5.82 Å². The van der Waals surface area contributed by atoms with Crippen molar-refractivity contribution in [2.24, 2.45) is 0 Å². The van der Waals surface area contributed by atoms with E-state index in [1.807, 2.05) is 6.07 Å². The van der Waals surface area contributed by atoms with Crippen molar-refractivity contribution in [2.75, 3.05) is 0 Å². The van der Waals surface area contributed by atoms with Gasteiger partial charge in [0.2, 0.25) is 5.89 Å². The molecule has 0 fully saturated rings. The Bertz CT molecular complexity index is 893. The minimum absolute atomic E-state index is 0.125. The zero-order valence-electron chi connectivity index (χ0n) is 12.4. The van der Waals surface area contributed by atoms with Crippen molar-refractivity contribution in [1.29, 1.82) is 5.26 Å². The van der Waals surface area contributed by atoms with Crippen LogP contribution >= 0.6 is 0 Å². The molecule has 3 rings (SSSR count). The van der Waals surface area contributed by atoms with Crippen LogP contribution in [-0.4, -0.2) is 11.0 Å². The van der Waals surface area contributed by atoms with Gasteiger partial charge in [-0.25, -0.2) is 14.2 Å². The van der Waals surface area contributed by atoms with E-state index in [1.165, 1.54) is 42.6 Å². The molecule has 0 amide bonds. The number of ether oxygens (including phenoxy) is 1. The van der Waals surface area contributed by atoms with E-state index >= 15 is 0 Å². The maximum atomic E-state index is 12.9. The fraction of sp³-hybridized carbons (Fsp3) is 0.0556. The molecule has 0 saturated carbocycles. The average molecular weight is 322 g/mol. The van der Waals surface area contributed by atoms with E-state index in [0.717, 1.165) is 0 Å². The van der Waals surface area contributed by atoms with Crippen LogP contribution < -0.4 is 0 Å². The summed E-state index contributed by atoms with van der Waals surface area (Å²) in [5.74, 6) is -0.188. The van der Waals surface area contributed by atoms with Crippen LogP contribution in [0.2, 0.25) is 0 Å². The van der Waals surface area contributed by atoms with Crippen LogP contribution in [-0.2, 0) is 11.3 Å². The summed E-state index contributed by atoms with van der Waals surface area (Å²) in [5, 5.41) is 8.72. The van der Waals surface area contributed by atoms with Crippen LogP contribution in [0.3, 0.4) is 0 Å². The first-order valence-electron chi connectivity index (χ1n) is 7.03. The number of halogens is 1. The third kappa shape index (κ3) is 3.47. The van der Waals surface area contributed by atoms with E-state index in [4.69, 9.17) is 14.4 Å². The van der Waals surface area contributed by atoms with Crippen LogP contribution in [0.1, 0.15) is 21.8 Å². The van der Waals surface area contributed by atoms with E-state index < -0.39 is 5.97 Å². The molecule has 0 unspecified atom stereocenters. The summed E-state index contributed by atoms with van der Waals surface area (Å²) in [6.45, 7) is -0.125.